The Labute approximate surface area is 105 Å². The molecule has 4 heteroatoms. The highest BCUT2D eigenvalue weighted by Crippen LogP contribution is 2.29. The van der Waals surface area contributed by atoms with Crippen LogP contribution in [0.25, 0.3) is 0 Å². The van der Waals surface area contributed by atoms with Crippen LogP contribution in [-0.2, 0) is 4.79 Å². The van der Waals surface area contributed by atoms with Crippen molar-refractivity contribution in [3.8, 4) is 0 Å². The van der Waals surface area contributed by atoms with E-state index in [1.54, 1.807) is 0 Å². The van der Waals surface area contributed by atoms with Gasteiger partial charge in [-0.3, -0.25) is 4.79 Å². The van der Waals surface area contributed by atoms with Crippen LogP contribution in [0.2, 0.25) is 0 Å². The summed E-state index contributed by atoms with van der Waals surface area (Å²) in [5, 5.41) is 6.37. The van der Waals surface area contributed by atoms with Crippen LogP contribution in [0.15, 0.2) is 0 Å². The average Bonchev–Trinajstić information content (AvgIpc) is 2.27. The van der Waals surface area contributed by atoms with E-state index < -0.39 is 0 Å². The largest absolute Gasteiger partial charge is 0.353 e. The Hall–Kier alpha value is -0.610. The Morgan fingerprint density at radius 1 is 1.53 bits per heavy atom. The molecule has 0 aromatic carbocycles. The van der Waals surface area contributed by atoms with Gasteiger partial charge in [0.25, 0.3) is 0 Å². The van der Waals surface area contributed by atoms with E-state index in [0.29, 0.717) is 0 Å². The summed E-state index contributed by atoms with van der Waals surface area (Å²) in [6.45, 7) is 10.1. The van der Waals surface area contributed by atoms with Gasteiger partial charge < -0.3 is 15.5 Å². The first-order chi connectivity index (χ1) is 7.97. The molecular formula is C13H27N3O. The summed E-state index contributed by atoms with van der Waals surface area (Å²) >= 11 is 0. The predicted octanol–water partition coefficient (Wildman–Crippen LogP) is 0.833. The number of amides is 1. The third-order valence-electron chi connectivity index (χ3n) is 3.72. The van der Waals surface area contributed by atoms with Gasteiger partial charge in [-0.2, -0.15) is 0 Å². The smallest absolute Gasteiger partial charge is 0.237 e. The lowest BCUT2D eigenvalue weighted by atomic mass is 9.77. The number of nitrogens with one attached hydrogen (secondary N) is 2. The van der Waals surface area contributed by atoms with E-state index in [1.165, 1.54) is 0 Å². The summed E-state index contributed by atoms with van der Waals surface area (Å²) in [4.78, 5) is 14.3. The highest BCUT2D eigenvalue weighted by molar-refractivity contribution is 5.82. The third kappa shape index (κ3) is 4.28. The van der Waals surface area contributed by atoms with Gasteiger partial charge in [-0.05, 0) is 38.4 Å². The summed E-state index contributed by atoms with van der Waals surface area (Å²) < 4.78 is 0. The van der Waals surface area contributed by atoms with Gasteiger partial charge in [0.15, 0.2) is 0 Å². The van der Waals surface area contributed by atoms with Crippen molar-refractivity contribution in [2.75, 3.05) is 33.2 Å². The quantitative estimate of drug-likeness (QED) is 0.749. The highest BCUT2D eigenvalue weighted by atomic mass is 16.2. The fraction of sp³-hybridized carbons (Fsp3) is 0.923. The Morgan fingerprint density at radius 3 is 2.82 bits per heavy atom. The van der Waals surface area contributed by atoms with Crippen molar-refractivity contribution in [2.45, 2.75) is 39.7 Å². The first kappa shape index (κ1) is 14.5. The molecule has 1 heterocycles. The standard InChI is InChI=1S/C13H27N3O/c1-5-16(4)10-9-15-12(17)11-13(2,3)7-6-8-14-11/h11,14H,5-10H2,1-4H3,(H,15,17). The zero-order chi connectivity index (χ0) is 12.9. The molecule has 0 aliphatic carbocycles. The number of nitrogens with zero attached hydrogens (tertiary/aromatic N) is 1. The molecule has 4 nitrogen and oxygen atoms in total. The zero-order valence-corrected chi connectivity index (χ0v) is 11.7. The molecule has 1 aliphatic heterocycles. The third-order valence-corrected chi connectivity index (χ3v) is 3.72. The second-order valence-electron chi connectivity index (χ2n) is 5.67. The maximum absolute atomic E-state index is 12.1. The number of carbonyl (C=O) groups is 1. The van der Waals surface area contributed by atoms with E-state index >= 15 is 0 Å². The predicted molar refractivity (Wildman–Crippen MR) is 71.0 cm³/mol. The van der Waals surface area contributed by atoms with Crippen LogP contribution in [0.3, 0.4) is 0 Å². The van der Waals surface area contributed by atoms with E-state index in [9.17, 15) is 4.79 Å². The van der Waals surface area contributed by atoms with E-state index in [2.05, 4.69) is 43.4 Å². The summed E-state index contributed by atoms with van der Waals surface area (Å²) in [5.41, 5.74) is 0.0684. The summed E-state index contributed by atoms with van der Waals surface area (Å²) in [6, 6.07) is -0.0387. The van der Waals surface area contributed by atoms with Crippen LogP contribution in [-0.4, -0.2) is 50.1 Å². The van der Waals surface area contributed by atoms with Crippen LogP contribution in [0.5, 0.6) is 0 Å². The molecule has 1 rings (SSSR count). The molecule has 0 aromatic heterocycles. The van der Waals surface area contributed by atoms with E-state index in [4.69, 9.17) is 0 Å². The number of rotatable bonds is 5. The van der Waals surface area contributed by atoms with Crippen molar-refractivity contribution in [3.63, 3.8) is 0 Å². The molecule has 1 atom stereocenters. The van der Waals surface area contributed by atoms with Gasteiger partial charge in [-0.1, -0.05) is 20.8 Å². The molecule has 0 saturated carbocycles. The maximum atomic E-state index is 12.1. The molecule has 1 unspecified atom stereocenters. The maximum Gasteiger partial charge on any atom is 0.237 e. The lowest BCUT2D eigenvalue weighted by Gasteiger charge is -2.38. The van der Waals surface area contributed by atoms with Crippen LogP contribution in [0.1, 0.15) is 33.6 Å². The summed E-state index contributed by atoms with van der Waals surface area (Å²) in [7, 11) is 2.06. The van der Waals surface area contributed by atoms with Crippen LogP contribution in [0, 0.1) is 5.41 Å². The zero-order valence-electron chi connectivity index (χ0n) is 11.7. The molecule has 1 aliphatic rings. The molecule has 17 heavy (non-hydrogen) atoms. The normalized spacial score (nSPS) is 23.7. The minimum absolute atomic E-state index is 0.0387. The Kier molecular flexibility index (Phi) is 5.40. The molecule has 0 radical (unpaired) electrons. The summed E-state index contributed by atoms with van der Waals surface area (Å²) in [5.74, 6) is 0.152. The fourth-order valence-corrected chi connectivity index (χ4v) is 2.29. The summed E-state index contributed by atoms with van der Waals surface area (Å²) in [6.07, 6.45) is 2.28. The number of carbonyl (C=O) groups excluding carboxylic acids is 1. The van der Waals surface area contributed by atoms with Gasteiger partial charge in [0.1, 0.15) is 0 Å². The minimum atomic E-state index is -0.0387. The van der Waals surface area contributed by atoms with Crippen molar-refractivity contribution in [3.05, 3.63) is 0 Å². The van der Waals surface area contributed by atoms with Gasteiger partial charge in [-0.25, -0.2) is 0 Å². The number of piperidine rings is 1. The van der Waals surface area contributed by atoms with Crippen molar-refractivity contribution >= 4 is 5.91 Å². The Bertz CT molecular complexity index is 253. The van der Waals surface area contributed by atoms with Crippen LogP contribution >= 0.6 is 0 Å². The number of hydrogen-bond donors (Lipinski definition) is 2. The van der Waals surface area contributed by atoms with Gasteiger partial charge in [0, 0.05) is 13.1 Å². The van der Waals surface area contributed by atoms with Gasteiger partial charge in [0.05, 0.1) is 6.04 Å². The topological polar surface area (TPSA) is 44.4 Å². The van der Waals surface area contributed by atoms with Gasteiger partial charge >= 0.3 is 0 Å². The second-order valence-corrected chi connectivity index (χ2v) is 5.67. The van der Waals surface area contributed by atoms with E-state index in [-0.39, 0.29) is 17.4 Å². The minimum Gasteiger partial charge on any atom is -0.353 e. The first-order valence-electron chi connectivity index (χ1n) is 6.67. The van der Waals surface area contributed by atoms with Crippen molar-refractivity contribution in [1.82, 2.24) is 15.5 Å². The SMILES string of the molecule is CCN(C)CCNC(=O)C1NCCCC1(C)C. The van der Waals surface area contributed by atoms with Gasteiger partial charge in [-0.15, -0.1) is 0 Å². The first-order valence-corrected chi connectivity index (χ1v) is 6.67. The van der Waals surface area contributed by atoms with Crippen molar-refractivity contribution in [1.29, 1.82) is 0 Å². The molecular weight excluding hydrogens is 214 g/mol. The Balaban J connectivity index is 2.36. The molecule has 1 fully saturated rings. The molecule has 1 amide bonds. The fourth-order valence-electron chi connectivity index (χ4n) is 2.29. The van der Waals surface area contributed by atoms with E-state index in [1.807, 2.05) is 0 Å². The second kappa shape index (κ2) is 6.36. The average molecular weight is 241 g/mol. The molecule has 0 aromatic rings. The molecule has 100 valence electrons. The van der Waals surface area contributed by atoms with E-state index in [0.717, 1.165) is 39.0 Å². The number of likely N-dealkylation sites (N-methyl/N-ethyl adjacent to an activating group) is 1. The Morgan fingerprint density at radius 2 is 2.24 bits per heavy atom. The molecule has 2 N–H and O–H groups in total. The van der Waals surface area contributed by atoms with Crippen LogP contribution < -0.4 is 10.6 Å². The lowest BCUT2D eigenvalue weighted by Crippen LogP contribution is -2.56. The lowest BCUT2D eigenvalue weighted by molar-refractivity contribution is -0.126. The molecule has 0 bridgehead atoms. The molecule has 0 spiro atoms. The number of hydrogen-bond acceptors (Lipinski definition) is 3. The van der Waals surface area contributed by atoms with Crippen LogP contribution in [0.4, 0.5) is 0 Å². The van der Waals surface area contributed by atoms with Gasteiger partial charge in [0.2, 0.25) is 5.91 Å². The monoisotopic (exact) mass is 241 g/mol. The molecule has 1 saturated heterocycles. The highest BCUT2D eigenvalue weighted by Gasteiger charge is 2.36. The van der Waals surface area contributed by atoms with Crippen molar-refractivity contribution in [2.24, 2.45) is 5.41 Å². The van der Waals surface area contributed by atoms with Crippen molar-refractivity contribution < 1.29 is 4.79 Å².